The maximum Gasteiger partial charge on any atom is 0.217 e. The number of hydrogen-bond acceptors (Lipinski definition) is 6. The van der Waals surface area contributed by atoms with Gasteiger partial charge >= 0.3 is 0 Å². The van der Waals surface area contributed by atoms with Crippen molar-refractivity contribution in [1.29, 1.82) is 0 Å². The summed E-state index contributed by atoms with van der Waals surface area (Å²) in [7, 11) is 1.62. The quantitative estimate of drug-likeness (QED) is 0.835. The number of nitrogens with zero attached hydrogens (tertiary/aromatic N) is 1. The van der Waals surface area contributed by atoms with Gasteiger partial charge in [-0.1, -0.05) is 48.5 Å². The van der Waals surface area contributed by atoms with Crippen LogP contribution in [0.25, 0.3) is 0 Å². The molecule has 6 heteroatoms. The molecule has 6 unspecified atom stereocenters. The van der Waals surface area contributed by atoms with Gasteiger partial charge in [0, 0.05) is 18.2 Å². The molecule has 2 aromatic rings. The third-order valence-corrected chi connectivity index (χ3v) is 5.15. The molecule has 2 fully saturated rings. The summed E-state index contributed by atoms with van der Waals surface area (Å²) >= 11 is 0. The Labute approximate surface area is 157 Å². The fourth-order valence-electron chi connectivity index (χ4n) is 3.82. The van der Waals surface area contributed by atoms with Crippen molar-refractivity contribution in [1.82, 2.24) is 0 Å². The van der Waals surface area contributed by atoms with Crippen molar-refractivity contribution in [3.63, 3.8) is 0 Å². The van der Waals surface area contributed by atoms with Gasteiger partial charge in [0.2, 0.25) is 5.90 Å². The summed E-state index contributed by atoms with van der Waals surface area (Å²) in [5.74, 6) is 0.600. The van der Waals surface area contributed by atoms with E-state index in [1.807, 2.05) is 60.7 Å². The van der Waals surface area contributed by atoms with E-state index < -0.39 is 12.6 Å². The van der Waals surface area contributed by atoms with Crippen LogP contribution in [0.15, 0.2) is 65.7 Å². The second-order valence-corrected chi connectivity index (χ2v) is 6.83. The van der Waals surface area contributed by atoms with Crippen LogP contribution in [0.1, 0.15) is 17.4 Å². The molecule has 0 amide bonds. The lowest BCUT2D eigenvalue weighted by molar-refractivity contribution is -0.333. The van der Waals surface area contributed by atoms with Crippen LogP contribution >= 0.6 is 0 Å². The zero-order valence-electron chi connectivity index (χ0n) is 14.9. The number of rotatable bonds is 3. The molecule has 0 aromatic heterocycles. The number of methoxy groups -OCH3 is 1. The van der Waals surface area contributed by atoms with E-state index >= 15 is 0 Å². The zero-order chi connectivity index (χ0) is 18.2. The summed E-state index contributed by atoms with van der Waals surface area (Å²) in [5, 5.41) is 0. The summed E-state index contributed by atoms with van der Waals surface area (Å²) in [4.78, 5) is 4.74. The Hall–Kier alpha value is -2.25. The van der Waals surface area contributed by atoms with Crippen LogP contribution in [0.3, 0.4) is 0 Å². The first kappa shape index (κ1) is 16.9. The highest BCUT2D eigenvalue weighted by Crippen LogP contribution is 2.39. The molecule has 0 spiro atoms. The van der Waals surface area contributed by atoms with Crippen LogP contribution in [-0.4, -0.2) is 50.3 Å². The predicted octanol–water partition coefficient (Wildman–Crippen LogP) is 2.69. The van der Waals surface area contributed by atoms with Gasteiger partial charge in [0.15, 0.2) is 18.7 Å². The molecule has 5 rings (SSSR count). The van der Waals surface area contributed by atoms with Gasteiger partial charge in [0.05, 0.1) is 6.61 Å². The van der Waals surface area contributed by atoms with E-state index in [1.54, 1.807) is 7.11 Å². The van der Waals surface area contributed by atoms with Crippen molar-refractivity contribution < 1.29 is 23.7 Å². The van der Waals surface area contributed by atoms with Gasteiger partial charge in [0.25, 0.3) is 0 Å². The SMILES string of the molecule is COC1OC2COC(c3ccccc3)OC2C2OC(c3ccccc3)=NC12. The van der Waals surface area contributed by atoms with Gasteiger partial charge in [-0.15, -0.1) is 0 Å². The Morgan fingerprint density at radius 2 is 1.67 bits per heavy atom. The summed E-state index contributed by atoms with van der Waals surface area (Å²) in [6.45, 7) is 0.414. The van der Waals surface area contributed by atoms with Gasteiger partial charge in [0.1, 0.15) is 18.2 Å². The minimum Gasteiger partial charge on any atom is -0.469 e. The molecule has 0 N–H and O–H groups in total. The van der Waals surface area contributed by atoms with Crippen LogP contribution in [0.5, 0.6) is 0 Å². The molecule has 0 bridgehead atoms. The molecule has 27 heavy (non-hydrogen) atoms. The van der Waals surface area contributed by atoms with Crippen molar-refractivity contribution in [3.05, 3.63) is 71.8 Å². The fraction of sp³-hybridized carbons (Fsp3) is 0.381. The third kappa shape index (κ3) is 3.04. The predicted molar refractivity (Wildman–Crippen MR) is 97.3 cm³/mol. The molecule has 3 aliphatic rings. The van der Waals surface area contributed by atoms with Crippen LogP contribution < -0.4 is 0 Å². The lowest BCUT2D eigenvalue weighted by Gasteiger charge is -2.45. The van der Waals surface area contributed by atoms with Gasteiger partial charge in [-0.25, -0.2) is 4.99 Å². The molecule has 6 nitrogen and oxygen atoms in total. The van der Waals surface area contributed by atoms with Gasteiger partial charge in [-0.05, 0) is 12.1 Å². The van der Waals surface area contributed by atoms with Crippen LogP contribution in [0.4, 0.5) is 0 Å². The van der Waals surface area contributed by atoms with Crippen molar-refractivity contribution in [2.24, 2.45) is 4.99 Å². The van der Waals surface area contributed by atoms with Crippen molar-refractivity contribution >= 4 is 5.90 Å². The largest absolute Gasteiger partial charge is 0.469 e. The van der Waals surface area contributed by atoms with Crippen LogP contribution in [-0.2, 0) is 23.7 Å². The van der Waals surface area contributed by atoms with E-state index in [1.165, 1.54) is 0 Å². The number of benzene rings is 2. The van der Waals surface area contributed by atoms with Gasteiger partial charge in [-0.3, -0.25) is 0 Å². The molecule has 140 valence electrons. The lowest BCUT2D eigenvalue weighted by Crippen LogP contribution is -2.60. The molecule has 3 aliphatic heterocycles. The summed E-state index contributed by atoms with van der Waals surface area (Å²) in [6.07, 6.45) is -1.76. The Kier molecular flexibility index (Phi) is 4.41. The van der Waals surface area contributed by atoms with E-state index in [0.29, 0.717) is 12.5 Å². The minimum atomic E-state index is -0.488. The standard InChI is InChI=1S/C21H21NO5/c1-23-21-16-18(26-19(22-16)13-8-4-2-5-9-13)17-15(25-21)12-24-20(27-17)14-10-6-3-7-11-14/h2-11,15-18,20-21H,12H2,1H3. The highest BCUT2D eigenvalue weighted by Gasteiger charge is 2.54. The Morgan fingerprint density at radius 3 is 2.41 bits per heavy atom. The number of hydrogen-bond donors (Lipinski definition) is 0. The molecule has 0 aliphatic carbocycles. The second-order valence-electron chi connectivity index (χ2n) is 6.83. The Balaban J connectivity index is 1.41. The number of fused-ring (bicyclic) bond motifs is 3. The average Bonchev–Trinajstić information content (AvgIpc) is 3.20. The topological polar surface area (TPSA) is 58.5 Å². The number of aliphatic imine (C=N–C) groups is 1. The molecule has 2 aromatic carbocycles. The molecule has 0 radical (unpaired) electrons. The highest BCUT2D eigenvalue weighted by atomic mass is 16.7. The Bertz CT molecular complexity index is 812. The van der Waals surface area contributed by atoms with E-state index in [4.69, 9.17) is 28.7 Å². The normalized spacial score (nSPS) is 34.9. The highest BCUT2D eigenvalue weighted by molar-refractivity contribution is 5.95. The van der Waals surface area contributed by atoms with Crippen molar-refractivity contribution in [3.8, 4) is 0 Å². The molecule has 2 saturated heterocycles. The monoisotopic (exact) mass is 367 g/mol. The summed E-state index contributed by atoms with van der Waals surface area (Å²) < 4.78 is 30.0. The molecular formula is C21H21NO5. The molecule has 3 heterocycles. The first-order valence-corrected chi connectivity index (χ1v) is 9.13. The number of ether oxygens (including phenoxy) is 5. The van der Waals surface area contributed by atoms with Crippen LogP contribution in [0, 0.1) is 0 Å². The van der Waals surface area contributed by atoms with E-state index in [9.17, 15) is 0 Å². The van der Waals surface area contributed by atoms with E-state index in [2.05, 4.69) is 0 Å². The third-order valence-electron chi connectivity index (χ3n) is 5.15. The maximum absolute atomic E-state index is 6.27. The summed E-state index contributed by atoms with van der Waals surface area (Å²) in [6, 6.07) is 19.5. The van der Waals surface area contributed by atoms with Crippen molar-refractivity contribution in [2.45, 2.75) is 36.9 Å². The lowest BCUT2D eigenvalue weighted by atomic mass is 9.96. The molecule has 0 saturated carbocycles. The minimum absolute atomic E-state index is 0.263. The van der Waals surface area contributed by atoms with Crippen LogP contribution in [0.2, 0.25) is 0 Å². The fourth-order valence-corrected chi connectivity index (χ4v) is 3.82. The first-order valence-electron chi connectivity index (χ1n) is 9.13. The van der Waals surface area contributed by atoms with E-state index in [0.717, 1.165) is 11.1 Å². The van der Waals surface area contributed by atoms with Gasteiger partial charge < -0.3 is 23.7 Å². The van der Waals surface area contributed by atoms with E-state index in [-0.39, 0.29) is 24.4 Å². The molecular weight excluding hydrogens is 346 g/mol. The average molecular weight is 367 g/mol. The molecule has 6 atom stereocenters. The second kappa shape index (κ2) is 7.05. The van der Waals surface area contributed by atoms with Crippen molar-refractivity contribution in [2.75, 3.05) is 13.7 Å². The first-order chi connectivity index (χ1) is 13.3. The summed E-state index contributed by atoms with van der Waals surface area (Å²) in [5.41, 5.74) is 1.91. The Morgan fingerprint density at radius 1 is 0.926 bits per heavy atom. The maximum atomic E-state index is 6.27. The smallest absolute Gasteiger partial charge is 0.217 e. The zero-order valence-corrected chi connectivity index (χ0v) is 14.9. The van der Waals surface area contributed by atoms with Gasteiger partial charge in [-0.2, -0.15) is 0 Å².